The van der Waals surface area contributed by atoms with Crippen LogP contribution in [-0.4, -0.2) is 0 Å². The largest absolute Gasteiger partial charge is 0.207 e. The van der Waals surface area contributed by atoms with E-state index in [-0.39, 0.29) is 7.24 Å². The Morgan fingerprint density at radius 2 is 1.89 bits per heavy atom. The van der Waals surface area contributed by atoms with Crippen molar-refractivity contribution in [3.8, 4) is 12.3 Å². The van der Waals surface area contributed by atoms with E-state index in [1.807, 2.05) is 0 Å². The van der Waals surface area contributed by atoms with Gasteiger partial charge in [-0.1, -0.05) is 5.92 Å². The first-order valence-electron chi connectivity index (χ1n) is 2.55. The second kappa shape index (κ2) is 2.32. The molecule has 1 rings (SSSR count). The molecular weight excluding hydrogens is 115 g/mol. The fourth-order valence-electron chi connectivity index (χ4n) is 0.546. The van der Waals surface area contributed by atoms with E-state index >= 15 is 0 Å². The zero-order chi connectivity index (χ0) is 6.69. The molecule has 1 heteroatoms. The van der Waals surface area contributed by atoms with Crippen LogP contribution in [0.3, 0.4) is 0 Å². The van der Waals surface area contributed by atoms with E-state index in [0.717, 1.165) is 0 Å². The van der Waals surface area contributed by atoms with Crippen LogP contribution in [-0.2, 0) is 0 Å². The van der Waals surface area contributed by atoms with E-state index in [0.29, 0.717) is 5.56 Å². The molecule has 0 aromatic heterocycles. The summed E-state index contributed by atoms with van der Waals surface area (Å²) in [4.78, 5) is 0. The van der Waals surface area contributed by atoms with Crippen LogP contribution in [0.5, 0.6) is 0 Å². The molecule has 0 heterocycles. The van der Waals surface area contributed by atoms with E-state index in [1.165, 1.54) is 12.1 Å². The molecule has 0 atom stereocenters. The number of hydrogen-bond acceptors (Lipinski definition) is 0. The zero-order valence-corrected chi connectivity index (χ0v) is 4.76. The van der Waals surface area contributed by atoms with Crippen LogP contribution in [0.4, 0.5) is 4.39 Å². The highest BCUT2D eigenvalue weighted by Crippen LogP contribution is 1.99. The van der Waals surface area contributed by atoms with Crippen molar-refractivity contribution in [3.05, 3.63) is 35.6 Å². The molecule has 0 amide bonds. The first kappa shape index (κ1) is 5.84. The molecule has 0 aliphatic carbocycles. The van der Waals surface area contributed by atoms with Crippen LogP contribution in [0.15, 0.2) is 24.3 Å². The minimum Gasteiger partial charge on any atom is -0.207 e. The standard InChI is InChI=1S/C8H5F.H2/c1-2-7-3-5-8(9)6-4-7;/h1,3-6H;1H. The average molecular weight is 122 g/mol. The van der Waals surface area contributed by atoms with Gasteiger partial charge in [0.25, 0.3) is 0 Å². The highest BCUT2D eigenvalue weighted by Gasteiger charge is 1.86. The van der Waals surface area contributed by atoms with E-state index in [1.54, 1.807) is 12.1 Å². The Labute approximate surface area is 54.8 Å². The zero-order valence-electron chi connectivity index (χ0n) is 4.76. The third-order valence-corrected chi connectivity index (χ3v) is 1.01. The molecule has 0 saturated carbocycles. The molecule has 0 aliphatic heterocycles. The lowest BCUT2D eigenvalue weighted by Gasteiger charge is -1.86. The fourth-order valence-corrected chi connectivity index (χ4v) is 0.546. The summed E-state index contributed by atoms with van der Waals surface area (Å²) in [7, 11) is 0. The summed E-state index contributed by atoms with van der Waals surface area (Å²) in [5, 5.41) is 0. The Bertz CT molecular complexity index is 232. The highest BCUT2D eigenvalue weighted by atomic mass is 19.1. The summed E-state index contributed by atoms with van der Waals surface area (Å²) in [6, 6.07) is 5.81. The molecule has 0 aliphatic rings. The molecular formula is C8H7F. The predicted molar refractivity (Wildman–Crippen MR) is 36.4 cm³/mol. The minimum atomic E-state index is -0.256. The maximum Gasteiger partial charge on any atom is 0.123 e. The predicted octanol–water partition coefficient (Wildman–Crippen LogP) is 2.05. The Hall–Kier alpha value is -1.29. The summed E-state index contributed by atoms with van der Waals surface area (Å²) in [5.74, 6) is 2.13. The molecule has 9 heavy (non-hydrogen) atoms. The van der Waals surface area contributed by atoms with E-state index < -0.39 is 0 Å². The number of halogens is 1. The van der Waals surface area contributed by atoms with Crippen LogP contribution in [0.25, 0.3) is 0 Å². The van der Waals surface area contributed by atoms with Crippen molar-refractivity contribution in [3.63, 3.8) is 0 Å². The van der Waals surface area contributed by atoms with Crippen LogP contribution in [0, 0.1) is 18.2 Å². The molecule has 0 nitrogen and oxygen atoms in total. The summed E-state index contributed by atoms with van der Waals surface area (Å²) in [6.07, 6.45) is 5.03. The smallest absolute Gasteiger partial charge is 0.123 e. The average Bonchev–Trinajstić information content (AvgIpc) is 1.90. The third-order valence-electron chi connectivity index (χ3n) is 1.01. The van der Waals surface area contributed by atoms with Crippen LogP contribution < -0.4 is 0 Å². The minimum absolute atomic E-state index is 0. The lowest BCUT2D eigenvalue weighted by atomic mass is 10.2. The van der Waals surface area contributed by atoms with Gasteiger partial charge in [-0.25, -0.2) is 4.39 Å². The summed E-state index contributed by atoms with van der Waals surface area (Å²) in [5.41, 5.74) is 0.705. The second-order valence-electron chi connectivity index (χ2n) is 1.65. The van der Waals surface area contributed by atoms with Gasteiger partial charge >= 0.3 is 0 Å². The van der Waals surface area contributed by atoms with Gasteiger partial charge in [0, 0.05) is 6.99 Å². The van der Waals surface area contributed by atoms with Gasteiger partial charge in [0.15, 0.2) is 0 Å². The van der Waals surface area contributed by atoms with E-state index in [4.69, 9.17) is 6.42 Å². The lowest BCUT2D eigenvalue weighted by Crippen LogP contribution is -1.73. The molecule has 0 N–H and O–H groups in total. The molecule has 1 aromatic rings. The Morgan fingerprint density at radius 1 is 1.33 bits per heavy atom. The van der Waals surface area contributed by atoms with Crippen LogP contribution >= 0.6 is 0 Å². The van der Waals surface area contributed by atoms with E-state index in [9.17, 15) is 4.39 Å². The number of terminal acetylenes is 1. The quantitative estimate of drug-likeness (QED) is 0.462. The highest BCUT2D eigenvalue weighted by molar-refractivity contribution is 5.31. The van der Waals surface area contributed by atoms with Gasteiger partial charge in [0.2, 0.25) is 0 Å². The molecule has 0 fully saturated rings. The van der Waals surface area contributed by atoms with Gasteiger partial charge < -0.3 is 0 Å². The maximum absolute atomic E-state index is 12.2. The van der Waals surface area contributed by atoms with E-state index in [2.05, 4.69) is 5.92 Å². The maximum atomic E-state index is 12.2. The van der Waals surface area contributed by atoms with Gasteiger partial charge in [-0.05, 0) is 24.3 Å². The third kappa shape index (κ3) is 1.30. The Kier molecular flexibility index (Phi) is 1.51. The lowest BCUT2D eigenvalue weighted by molar-refractivity contribution is 0.627. The number of hydrogen-bond donors (Lipinski definition) is 0. The van der Waals surface area contributed by atoms with Crippen molar-refractivity contribution in [2.24, 2.45) is 0 Å². The molecule has 46 valence electrons. The molecule has 0 bridgehead atoms. The number of benzene rings is 1. The van der Waals surface area contributed by atoms with Crippen molar-refractivity contribution in [2.45, 2.75) is 0 Å². The summed E-state index contributed by atoms with van der Waals surface area (Å²) < 4.78 is 12.2. The Balaban J connectivity index is 0.000000810. The first-order valence-corrected chi connectivity index (χ1v) is 2.55. The van der Waals surface area contributed by atoms with Crippen LogP contribution in [0.1, 0.15) is 6.99 Å². The second-order valence-corrected chi connectivity index (χ2v) is 1.65. The van der Waals surface area contributed by atoms with Crippen molar-refractivity contribution < 1.29 is 5.82 Å². The molecule has 0 saturated heterocycles. The van der Waals surface area contributed by atoms with Crippen molar-refractivity contribution in [2.75, 3.05) is 0 Å². The first-order chi connectivity index (χ1) is 4.33. The van der Waals surface area contributed by atoms with Gasteiger partial charge in [-0.15, -0.1) is 6.42 Å². The SMILES string of the molecule is C#Cc1ccc(F)cc1.[HH]. The summed E-state index contributed by atoms with van der Waals surface area (Å²) in [6.45, 7) is 0. The van der Waals surface area contributed by atoms with Crippen molar-refractivity contribution in [1.82, 2.24) is 0 Å². The van der Waals surface area contributed by atoms with Crippen molar-refractivity contribution >= 4 is 0 Å². The molecule has 0 unspecified atom stereocenters. The molecule has 0 spiro atoms. The molecule has 0 radical (unpaired) electrons. The Morgan fingerprint density at radius 3 is 2.33 bits per heavy atom. The van der Waals surface area contributed by atoms with Crippen molar-refractivity contribution in [1.29, 1.82) is 0 Å². The monoisotopic (exact) mass is 122 g/mol. The topological polar surface area (TPSA) is 0 Å². The number of rotatable bonds is 0. The van der Waals surface area contributed by atoms with Gasteiger partial charge in [-0.3, -0.25) is 0 Å². The van der Waals surface area contributed by atoms with Gasteiger partial charge in [-0.2, -0.15) is 0 Å². The summed E-state index contributed by atoms with van der Waals surface area (Å²) >= 11 is 0. The fraction of sp³-hybridized carbons (Fsp3) is 0. The molecule has 1 aromatic carbocycles. The normalized spacial score (nSPS) is 8.44. The van der Waals surface area contributed by atoms with Crippen LogP contribution in [0.2, 0.25) is 0 Å². The van der Waals surface area contributed by atoms with Gasteiger partial charge in [0.1, 0.15) is 5.82 Å². The van der Waals surface area contributed by atoms with Gasteiger partial charge in [0.05, 0.1) is 0 Å².